The summed E-state index contributed by atoms with van der Waals surface area (Å²) >= 11 is 0. The number of aliphatic carboxylic acids is 1. The number of benzene rings is 1. The molecule has 2 N–H and O–H groups in total. The van der Waals surface area contributed by atoms with Crippen molar-refractivity contribution in [1.82, 2.24) is 5.32 Å². The normalized spacial score (nSPS) is 26.4. The van der Waals surface area contributed by atoms with Gasteiger partial charge in [-0.1, -0.05) is 38.1 Å². The summed E-state index contributed by atoms with van der Waals surface area (Å²) < 4.78 is 0. The van der Waals surface area contributed by atoms with Gasteiger partial charge in [-0.25, -0.2) is 0 Å². The average Bonchev–Trinajstić information content (AvgIpc) is 2.39. The Morgan fingerprint density at radius 1 is 1.25 bits per heavy atom. The predicted molar refractivity (Wildman–Crippen MR) is 80.6 cm³/mol. The van der Waals surface area contributed by atoms with E-state index in [1.807, 2.05) is 24.3 Å². The third-order valence-corrected chi connectivity index (χ3v) is 4.45. The van der Waals surface area contributed by atoms with E-state index in [2.05, 4.69) is 19.2 Å². The van der Waals surface area contributed by atoms with Gasteiger partial charge < -0.3 is 10.4 Å². The number of nitrogens with one attached hydrogen (secondary N) is 1. The topological polar surface area (TPSA) is 49.3 Å². The Labute approximate surface area is 121 Å². The van der Waals surface area contributed by atoms with E-state index in [9.17, 15) is 4.79 Å². The monoisotopic (exact) mass is 275 g/mol. The van der Waals surface area contributed by atoms with Crippen LogP contribution in [0.3, 0.4) is 0 Å². The van der Waals surface area contributed by atoms with Crippen LogP contribution in [0.2, 0.25) is 0 Å². The molecule has 0 radical (unpaired) electrons. The minimum Gasteiger partial charge on any atom is -0.481 e. The van der Waals surface area contributed by atoms with Crippen molar-refractivity contribution >= 4 is 5.97 Å². The van der Waals surface area contributed by atoms with Crippen molar-refractivity contribution in [2.75, 3.05) is 0 Å². The van der Waals surface area contributed by atoms with Gasteiger partial charge in [-0.15, -0.1) is 0 Å². The number of hydrogen-bond donors (Lipinski definition) is 2. The SMILES string of the molecule is CC1CCC(NCc2ccccc2CC(=O)O)C(C)C1. The van der Waals surface area contributed by atoms with Crippen LogP contribution in [0.15, 0.2) is 24.3 Å². The summed E-state index contributed by atoms with van der Waals surface area (Å²) in [6.45, 7) is 5.41. The number of rotatable bonds is 5. The van der Waals surface area contributed by atoms with E-state index in [4.69, 9.17) is 5.11 Å². The van der Waals surface area contributed by atoms with Gasteiger partial charge in [-0.2, -0.15) is 0 Å². The van der Waals surface area contributed by atoms with Gasteiger partial charge in [0, 0.05) is 12.6 Å². The lowest BCUT2D eigenvalue weighted by atomic mass is 9.80. The van der Waals surface area contributed by atoms with Gasteiger partial charge in [0.15, 0.2) is 0 Å². The second-order valence-electron chi connectivity index (χ2n) is 6.22. The highest BCUT2D eigenvalue weighted by molar-refractivity contribution is 5.70. The molecule has 0 amide bonds. The Morgan fingerprint density at radius 2 is 1.95 bits per heavy atom. The van der Waals surface area contributed by atoms with Crippen LogP contribution in [0.25, 0.3) is 0 Å². The average molecular weight is 275 g/mol. The lowest BCUT2D eigenvalue weighted by Gasteiger charge is -2.33. The smallest absolute Gasteiger partial charge is 0.307 e. The molecule has 3 unspecified atom stereocenters. The van der Waals surface area contributed by atoms with Gasteiger partial charge in [0.2, 0.25) is 0 Å². The maximum absolute atomic E-state index is 10.9. The highest BCUT2D eigenvalue weighted by Gasteiger charge is 2.24. The fraction of sp³-hybridized carbons (Fsp3) is 0.588. The van der Waals surface area contributed by atoms with Crippen LogP contribution in [0.5, 0.6) is 0 Å². The van der Waals surface area contributed by atoms with Gasteiger partial charge in [0.25, 0.3) is 0 Å². The molecule has 3 nitrogen and oxygen atoms in total. The summed E-state index contributed by atoms with van der Waals surface area (Å²) in [4.78, 5) is 10.9. The van der Waals surface area contributed by atoms with E-state index < -0.39 is 5.97 Å². The van der Waals surface area contributed by atoms with Crippen LogP contribution < -0.4 is 5.32 Å². The Kier molecular flexibility index (Phi) is 5.18. The van der Waals surface area contributed by atoms with Crippen molar-refractivity contribution in [1.29, 1.82) is 0 Å². The van der Waals surface area contributed by atoms with Crippen LogP contribution in [-0.2, 0) is 17.8 Å². The van der Waals surface area contributed by atoms with E-state index >= 15 is 0 Å². The molecule has 0 aliphatic heterocycles. The van der Waals surface area contributed by atoms with Crippen molar-refractivity contribution < 1.29 is 9.90 Å². The van der Waals surface area contributed by atoms with Crippen LogP contribution in [0.4, 0.5) is 0 Å². The summed E-state index contributed by atoms with van der Waals surface area (Å²) in [7, 11) is 0. The molecule has 110 valence electrons. The molecule has 0 spiro atoms. The Hall–Kier alpha value is -1.35. The molecular weight excluding hydrogens is 250 g/mol. The molecular formula is C17H25NO2. The predicted octanol–water partition coefficient (Wildman–Crippen LogP) is 3.23. The first kappa shape index (κ1) is 15.0. The number of carbonyl (C=O) groups is 1. The highest BCUT2D eigenvalue weighted by Crippen LogP contribution is 2.28. The molecule has 0 bridgehead atoms. The molecule has 2 rings (SSSR count). The van der Waals surface area contributed by atoms with E-state index in [-0.39, 0.29) is 6.42 Å². The van der Waals surface area contributed by atoms with Crippen molar-refractivity contribution in [2.45, 2.75) is 52.1 Å². The lowest BCUT2D eigenvalue weighted by molar-refractivity contribution is -0.136. The molecule has 3 atom stereocenters. The van der Waals surface area contributed by atoms with Gasteiger partial charge in [0.1, 0.15) is 0 Å². The molecule has 1 aromatic carbocycles. The van der Waals surface area contributed by atoms with Gasteiger partial charge >= 0.3 is 5.97 Å². The summed E-state index contributed by atoms with van der Waals surface area (Å²) in [5.74, 6) is 0.769. The van der Waals surface area contributed by atoms with E-state index in [1.54, 1.807) is 0 Å². The summed E-state index contributed by atoms with van der Waals surface area (Å²) in [5.41, 5.74) is 2.03. The molecule has 0 aromatic heterocycles. The van der Waals surface area contributed by atoms with Crippen LogP contribution in [0, 0.1) is 11.8 Å². The molecule has 0 saturated heterocycles. The highest BCUT2D eigenvalue weighted by atomic mass is 16.4. The first-order valence-corrected chi connectivity index (χ1v) is 7.58. The zero-order valence-corrected chi connectivity index (χ0v) is 12.4. The van der Waals surface area contributed by atoms with Crippen LogP contribution in [0.1, 0.15) is 44.2 Å². The minimum absolute atomic E-state index is 0.106. The van der Waals surface area contributed by atoms with E-state index in [0.717, 1.165) is 23.6 Å². The zero-order valence-electron chi connectivity index (χ0n) is 12.4. The maximum Gasteiger partial charge on any atom is 0.307 e. The summed E-state index contributed by atoms with van der Waals surface area (Å²) in [5, 5.41) is 12.6. The summed E-state index contributed by atoms with van der Waals surface area (Å²) in [6, 6.07) is 8.39. The Bertz CT molecular complexity index is 458. The lowest BCUT2D eigenvalue weighted by Crippen LogP contribution is -2.38. The third kappa shape index (κ3) is 4.07. The quantitative estimate of drug-likeness (QED) is 0.867. The molecule has 0 heterocycles. The standard InChI is InChI=1S/C17H25NO2/c1-12-7-8-16(13(2)9-12)18-11-15-6-4-3-5-14(15)10-17(19)20/h3-6,12-13,16,18H,7-11H2,1-2H3,(H,19,20). The van der Waals surface area contributed by atoms with Gasteiger partial charge in [0.05, 0.1) is 6.42 Å². The van der Waals surface area contributed by atoms with E-state index in [0.29, 0.717) is 12.0 Å². The van der Waals surface area contributed by atoms with Crippen LogP contribution >= 0.6 is 0 Å². The Morgan fingerprint density at radius 3 is 2.60 bits per heavy atom. The van der Waals surface area contributed by atoms with Gasteiger partial charge in [-0.05, 0) is 42.2 Å². The first-order valence-electron chi connectivity index (χ1n) is 7.58. The number of hydrogen-bond acceptors (Lipinski definition) is 2. The zero-order chi connectivity index (χ0) is 14.5. The molecule has 1 fully saturated rings. The Balaban J connectivity index is 1.95. The van der Waals surface area contributed by atoms with E-state index in [1.165, 1.54) is 19.3 Å². The molecule has 1 saturated carbocycles. The second-order valence-corrected chi connectivity index (χ2v) is 6.22. The van der Waals surface area contributed by atoms with Gasteiger partial charge in [-0.3, -0.25) is 4.79 Å². The fourth-order valence-electron chi connectivity index (χ4n) is 3.28. The molecule has 3 heteroatoms. The molecule has 20 heavy (non-hydrogen) atoms. The maximum atomic E-state index is 10.9. The number of carboxylic acids is 1. The first-order chi connectivity index (χ1) is 9.56. The van der Waals surface area contributed by atoms with Crippen molar-refractivity contribution in [2.24, 2.45) is 11.8 Å². The minimum atomic E-state index is -0.766. The largest absolute Gasteiger partial charge is 0.481 e. The second kappa shape index (κ2) is 6.89. The van der Waals surface area contributed by atoms with Crippen molar-refractivity contribution in [3.8, 4) is 0 Å². The third-order valence-electron chi connectivity index (χ3n) is 4.45. The fourth-order valence-corrected chi connectivity index (χ4v) is 3.28. The van der Waals surface area contributed by atoms with Crippen molar-refractivity contribution in [3.63, 3.8) is 0 Å². The molecule has 1 aliphatic rings. The molecule has 1 aromatic rings. The number of carboxylic acid groups (broad SMARTS) is 1. The molecule has 1 aliphatic carbocycles. The van der Waals surface area contributed by atoms with Crippen LogP contribution in [-0.4, -0.2) is 17.1 Å². The van der Waals surface area contributed by atoms with Crippen molar-refractivity contribution in [3.05, 3.63) is 35.4 Å². The summed E-state index contributed by atoms with van der Waals surface area (Å²) in [6.07, 6.45) is 3.91.